The van der Waals surface area contributed by atoms with E-state index in [0.29, 0.717) is 18.8 Å². The maximum Gasteiger partial charge on any atom is 0.305 e. The molecule has 2 rings (SSSR count). The molecule has 0 bridgehead atoms. The summed E-state index contributed by atoms with van der Waals surface area (Å²) in [6, 6.07) is 0. The summed E-state index contributed by atoms with van der Waals surface area (Å²) in [5.41, 5.74) is 0.747. The number of ether oxygens (including phenoxy) is 2. The third-order valence-corrected chi connectivity index (χ3v) is 5.18. The van der Waals surface area contributed by atoms with E-state index in [1.54, 1.807) is 18.4 Å². The van der Waals surface area contributed by atoms with Crippen LogP contribution in [0.2, 0.25) is 0 Å². The highest BCUT2D eigenvalue weighted by molar-refractivity contribution is 7.09. The van der Waals surface area contributed by atoms with Crippen LogP contribution in [-0.2, 0) is 26.3 Å². The van der Waals surface area contributed by atoms with Crippen LogP contribution in [0.5, 0.6) is 0 Å². The van der Waals surface area contributed by atoms with Crippen LogP contribution in [-0.4, -0.2) is 25.2 Å². The lowest BCUT2D eigenvalue weighted by Crippen LogP contribution is -2.34. The van der Waals surface area contributed by atoms with Gasteiger partial charge in [0.2, 0.25) is 0 Å². The molecule has 1 heterocycles. The molecule has 4 nitrogen and oxygen atoms in total. The Morgan fingerprint density at radius 3 is 3.00 bits per heavy atom. The summed E-state index contributed by atoms with van der Waals surface area (Å²) in [5.74, 6) is 0.485. The smallest absolute Gasteiger partial charge is 0.305 e. The van der Waals surface area contributed by atoms with Crippen LogP contribution >= 0.6 is 11.3 Å². The number of aromatic nitrogens is 1. The summed E-state index contributed by atoms with van der Waals surface area (Å²) in [5, 5.41) is 3.10. The van der Waals surface area contributed by atoms with Crippen molar-refractivity contribution < 1.29 is 14.3 Å². The Balaban J connectivity index is 2.07. The molecule has 0 amide bonds. The van der Waals surface area contributed by atoms with Crippen molar-refractivity contribution in [3.05, 3.63) is 16.1 Å². The molecule has 0 radical (unpaired) electrons. The molecule has 2 unspecified atom stereocenters. The average molecular weight is 297 g/mol. The molecule has 1 aromatic heterocycles. The zero-order valence-electron chi connectivity index (χ0n) is 12.5. The molecule has 2 atom stereocenters. The van der Waals surface area contributed by atoms with Crippen LogP contribution in [0, 0.1) is 5.92 Å². The minimum Gasteiger partial charge on any atom is -0.469 e. The fraction of sp³-hybridized carbons (Fsp3) is 0.733. The zero-order valence-corrected chi connectivity index (χ0v) is 13.3. The number of methoxy groups -OCH3 is 2. The molecule has 1 aliphatic rings. The van der Waals surface area contributed by atoms with E-state index in [-0.39, 0.29) is 11.6 Å². The number of hydrogen-bond acceptors (Lipinski definition) is 5. The fourth-order valence-electron chi connectivity index (χ4n) is 2.93. The van der Waals surface area contributed by atoms with Gasteiger partial charge in [-0.15, -0.1) is 11.3 Å². The third-order valence-electron chi connectivity index (χ3n) is 4.10. The van der Waals surface area contributed by atoms with E-state index in [0.717, 1.165) is 23.5 Å². The lowest BCUT2D eigenvalue weighted by molar-refractivity contribution is -0.140. The number of esters is 1. The summed E-state index contributed by atoms with van der Waals surface area (Å²) in [6.07, 6.45) is 5.55. The molecule has 5 heteroatoms. The van der Waals surface area contributed by atoms with Crippen LogP contribution in [0.4, 0.5) is 0 Å². The molecule has 0 spiro atoms. The van der Waals surface area contributed by atoms with Gasteiger partial charge in [0, 0.05) is 18.9 Å². The number of hydrogen-bond donors (Lipinski definition) is 0. The summed E-state index contributed by atoms with van der Waals surface area (Å²) in [7, 11) is 3.20. The molecule has 0 N–H and O–H groups in total. The summed E-state index contributed by atoms with van der Waals surface area (Å²) in [4.78, 5) is 15.9. The lowest BCUT2D eigenvalue weighted by atomic mass is 9.79. The summed E-state index contributed by atoms with van der Waals surface area (Å²) >= 11 is 1.65. The predicted octanol–water partition coefficient (Wildman–Crippen LogP) is 3.30. The maximum absolute atomic E-state index is 11.2. The standard InChI is InChI=1S/C15H23NO3S/c1-11-5-4-8-15(9-11,19-3)14-16-12(10-20-14)6-7-13(17)18-2/h10-11H,4-9H2,1-3H3. The molecule has 20 heavy (non-hydrogen) atoms. The van der Waals surface area contributed by atoms with Crippen molar-refractivity contribution in [2.75, 3.05) is 14.2 Å². The predicted molar refractivity (Wildman–Crippen MR) is 78.8 cm³/mol. The number of carbonyl (C=O) groups is 1. The normalized spacial score (nSPS) is 26.4. The molecule has 0 aliphatic heterocycles. The van der Waals surface area contributed by atoms with Crippen molar-refractivity contribution in [2.45, 2.75) is 51.0 Å². The first-order valence-corrected chi connectivity index (χ1v) is 8.04. The van der Waals surface area contributed by atoms with E-state index in [1.807, 2.05) is 5.38 Å². The lowest BCUT2D eigenvalue weighted by Gasteiger charge is -2.37. The van der Waals surface area contributed by atoms with E-state index in [1.165, 1.54) is 20.0 Å². The van der Waals surface area contributed by atoms with Crippen molar-refractivity contribution >= 4 is 17.3 Å². The van der Waals surface area contributed by atoms with Gasteiger partial charge in [0.1, 0.15) is 10.6 Å². The highest BCUT2D eigenvalue weighted by Gasteiger charge is 2.39. The maximum atomic E-state index is 11.2. The van der Waals surface area contributed by atoms with Crippen LogP contribution in [0.15, 0.2) is 5.38 Å². The Kier molecular flexibility index (Phi) is 5.16. The molecular weight excluding hydrogens is 274 g/mol. The molecular formula is C15H23NO3S. The van der Waals surface area contributed by atoms with E-state index in [4.69, 9.17) is 9.72 Å². The highest BCUT2D eigenvalue weighted by Crippen LogP contribution is 2.43. The van der Waals surface area contributed by atoms with E-state index in [2.05, 4.69) is 11.7 Å². The minimum atomic E-state index is -0.216. The quantitative estimate of drug-likeness (QED) is 0.782. The van der Waals surface area contributed by atoms with Crippen molar-refractivity contribution in [1.82, 2.24) is 4.98 Å². The van der Waals surface area contributed by atoms with Crippen LogP contribution < -0.4 is 0 Å². The van der Waals surface area contributed by atoms with Gasteiger partial charge in [-0.1, -0.05) is 13.3 Å². The van der Waals surface area contributed by atoms with Gasteiger partial charge in [-0.2, -0.15) is 0 Å². The van der Waals surface area contributed by atoms with Crippen molar-refractivity contribution in [2.24, 2.45) is 5.92 Å². The zero-order chi connectivity index (χ0) is 14.6. The van der Waals surface area contributed by atoms with Gasteiger partial charge < -0.3 is 9.47 Å². The molecule has 1 aliphatic carbocycles. The Morgan fingerprint density at radius 1 is 1.55 bits per heavy atom. The van der Waals surface area contributed by atoms with Gasteiger partial charge in [0.25, 0.3) is 0 Å². The van der Waals surface area contributed by atoms with Crippen molar-refractivity contribution in [3.63, 3.8) is 0 Å². The van der Waals surface area contributed by atoms with Gasteiger partial charge in [0.15, 0.2) is 0 Å². The van der Waals surface area contributed by atoms with Gasteiger partial charge in [-0.25, -0.2) is 4.98 Å². The van der Waals surface area contributed by atoms with Gasteiger partial charge in [0.05, 0.1) is 19.2 Å². The van der Waals surface area contributed by atoms with E-state index >= 15 is 0 Å². The number of aryl methyl sites for hydroxylation is 1. The molecule has 0 aromatic carbocycles. The van der Waals surface area contributed by atoms with E-state index in [9.17, 15) is 4.79 Å². The first kappa shape index (κ1) is 15.4. The summed E-state index contributed by atoms with van der Waals surface area (Å²) in [6.45, 7) is 2.28. The van der Waals surface area contributed by atoms with Crippen molar-refractivity contribution in [1.29, 1.82) is 0 Å². The molecule has 1 fully saturated rings. The van der Waals surface area contributed by atoms with Crippen LogP contribution in [0.25, 0.3) is 0 Å². The van der Waals surface area contributed by atoms with Crippen LogP contribution in [0.3, 0.4) is 0 Å². The van der Waals surface area contributed by atoms with Crippen LogP contribution in [0.1, 0.15) is 49.7 Å². The first-order valence-electron chi connectivity index (χ1n) is 7.16. The van der Waals surface area contributed by atoms with E-state index < -0.39 is 0 Å². The molecule has 112 valence electrons. The number of nitrogens with zero attached hydrogens (tertiary/aromatic N) is 1. The fourth-order valence-corrected chi connectivity index (χ4v) is 4.00. The van der Waals surface area contributed by atoms with Gasteiger partial charge in [-0.3, -0.25) is 4.79 Å². The Morgan fingerprint density at radius 2 is 2.35 bits per heavy atom. The van der Waals surface area contributed by atoms with Crippen molar-refractivity contribution in [3.8, 4) is 0 Å². The average Bonchev–Trinajstić information content (AvgIpc) is 2.94. The molecule has 1 saturated carbocycles. The second kappa shape index (κ2) is 6.68. The first-order chi connectivity index (χ1) is 9.59. The molecule has 0 saturated heterocycles. The second-order valence-corrected chi connectivity index (χ2v) is 6.48. The Hall–Kier alpha value is -0.940. The SMILES string of the molecule is COC(=O)CCc1csc(C2(OC)CCCC(C)C2)n1. The Labute approximate surface area is 124 Å². The molecule has 1 aromatic rings. The monoisotopic (exact) mass is 297 g/mol. The minimum absolute atomic E-state index is 0.188. The van der Waals surface area contributed by atoms with Gasteiger partial charge in [-0.05, 0) is 25.2 Å². The summed E-state index contributed by atoms with van der Waals surface area (Å²) < 4.78 is 10.5. The number of rotatable bonds is 5. The highest BCUT2D eigenvalue weighted by atomic mass is 32.1. The number of carbonyl (C=O) groups excluding carboxylic acids is 1. The largest absolute Gasteiger partial charge is 0.469 e. The van der Waals surface area contributed by atoms with Gasteiger partial charge >= 0.3 is 5.97 Å². The number of thiazole rings is 1. The third kappa shape index (κ3) is 3.38. The second-order valence-electron chi connectivity index (χ2n) is 5.62. The topological polar surface area (TPSA) is 48.4 Å². The Bertz CT molecular complexity index is 460.